The summed E-state index contributed by atoms with van der Waals surface area (Å²) in [6.45, 7) is 1.28. The van der Waals surface area contributed by atoms with E-state index in [1.165, 1.54) is 38.6 Å². The zero-order valence-electron chi connectivity index (χ0n) is 10.2. The molecule has 2 saturated carbocycles. The Kier molecular flexibility index (Phi) is 3.30. The van der Waals surface area contributed by atoms with Crippen LogP contribution < -0.4 is 5.32 Å². The zero-order chi connectivity index (χ0) is 11.0. The molecule has 0 amide bonds. The summed E-state index contributed by atoms with van der Waals surface area (Å²) >= 11 is 2.06. The Bertz CT molecular complexity index is 276. The van der Waals surface area contributed by atoms with Gasteiger partial charge in [0.15, 0.2) is 0 Å². The van der Waals surface area contributed by atoms with Crippen LogP contribution in [0.5, 0.6) is 0 Å². The van der Waals surface area contributed by atoms with Crippen LogP contribution in [0.2, 0.25) is 0 Å². The summed E-state index contributed by atoms with van der Waals surface area (Å²) in [6, 6.07) is 0.820. The first-order chi connectivity index (χ1) is 7.85. The Morgan fingerprint density at radius 3 is 2.75 bits per heavy atom. The van der Waals surface area contributed by atoms with Gasteiger partial charge in [-0.2, -0.15) is 11.8 Å². The lowest BCUT2D eigenvalue weighted by atomic mass is 9.93. The van der Waals surface area contributed by atoms with Crippen molar-refractivity contribution in [2.45, 2.75) is 43.4 Å². The SMILES string of the molecule is CSC1CCC(NCC2CC3C=CC2C3)C1. The minimum Gasteiger partial charge on any atom is -0.314 e. The number of hydrogen-bond acceptors (Lipinski definition) is 2. The molecule has 1 N–H and O–H groups in total. The molecule has 0 aromatic rings. The molecule has 5 unspecified atom stereocenters. The molecule has 2 bridgehead atoms. The fourth-order valence-corrected chi connectivity index (χ4v) is 4.58. The summed E-state index contributed by atoms with van der Waals surface area (Å²) in [7, 11) is 0. The van der Waals surface area contributed by atoms with E-state index in [1.807, 2.05) is 0 Å². The van der Waals surface area contributed by atoms with Gasteiger partial charge in [0.1, 0.15) is 0 Å². The first-order valence-corrected chi connectivity index (χ1v) is 8.08. The Labute approximate surface area is 103 Å². The quantitative estimate of drug-likeness (QED) is 0.754. The van der Waals surface area contributed by atoms with Crippen LogP contribution in [0.4, 0.5) is 0 Å². The van der Waals surface area contributed by atoms with E-state index in [2.05, 4.69) is 35.5 Å². The van der Waals surface area contributed by atoms with Crippen LogP contribution in [-0.2, 0) is 0 Å². The number of allylic oxidation sites excluding steroid dienone is 2. The Morgan fingerprint density at radius 1 is 1.19 bits per heavy atom. The summed E-state index contributed by atoms with van der Waals surface area (Å²) < 4.78 is 0. The van der Waals surface area contributed by atoms with Gasteiger partial charge in [0.25, 0.3) is 0 Å². The highest BCUT2D eigenvalue weighted by atomic mass is 32.2. The average molecular weight is 237 g/mol. The minimum atomic E-state index is 0.820. The lowest BCUT2D eigenvalue weighted by Gasteiger charge is -2.21. The van der Waals surface area contributed by atoms with E-state index >= 15 is 0 Å². The maximum absolute atomic E-state index is 3.83. The molecule has 0 aromatic carbocycles. The number of hydrogen-bond donors (Lipinski definition) is 1. The first kappa shape index (κ1) is 11.2. The number of fused-ring (bicyclic) bond motifs is 2. The van der Waals surface area contributed by atoms with E-state index in [1.54, 1.807) is 0 Å². The van der Waals surface area contributed by atoms with Crippen LogP contribution >= 0.6 is 11.8 Å². The second-order valence-electron chi connectivity index (χ2n) is 5.82. The van der Waals surface area contributed by atoms with Gasteiger partial charge < -0.3 is 5.32 Å². The van der Waals surface area contributed by atoms with Crippen LogP contribution in [0.3, 0.4) is 0 Å². The molecule has 0 heterocycles. The molecule has 0 aromatic heterocycles. The fraction of sp³-hybridized carbons (Fsp3) is 0.857. The van der Waals surface area contributed by atoms with Crippen molar-refractivity contribution < 1.29 is 0 Å². The molecule has 1 nitrogen and oxygen atoms in total. The monoisotopic (exact) mass is 237 g/mol. The highest BCUT2D eigenvalue weighted by Crippen LogP contribution is 2.43. The van der Waals surface area contributed by atoms with Gasteiger partial charge in [-0.3, -0.25) is 0 Å². The van der Waals surface area contributed by atoms with Crippen molar-refractivity contribution in [2.24, 2.45) is 17.8 Å². The number of nitrogens with one attached hydrogen (secondary N) is 1. The normalized spacial score (nSPS) is 45.7. The summed E-state index contributed by atoms with van der Waals surface area (Å²) in [4.78, 5) is 0. The largest absolute Gasteiger partial charge is 0.314 e. The fourth-order valence-electron chi connectivity index (χ4n) is 3.79. The number of rotatable bonds is 4. The maximum Gasteiger partial charge on any atom is 0.00781 e. The van der Waals surface area contributed by atoms with Gasteiger partial charge >= 0.3 is 0 Å². The molecule has 0 radical (unpaired) electrons. The van der Waals surface area contributed by atoms with E-state index in [0.29, 0.717) is 0 Å². The van der Waals surface area contributed by atoms with E-state index in [9.17, 15) is 0 Å². The molecule has 5 atom stereocenters. The average Bonchev–Trinajstić information content (AvgIpc) is 3.02. The van der Waals surface area contributed by atoms with E-state index in [4.69, 9.17) is 0 Å². The zero-order valence-corrected chi connectivity index (χ0v) is 11.0. The Balaban J connectivity index is 1.42. The van der Waals surface area contributed by atoms with Crippen molar-refractivity contribution in [1.29, 1.82) is 0 Å². The molecule has 3 aliphatic rings. The lowest BCUT2D eigenvalue weighted by molar-refractivity contribution is 0.383. The Morgan fingerprint density at radius 2 is 2.12 bits per heavy atom. The number of thioether (sulfide) groups is 1. The van der Waals surface area contributed by atoms with Gasteiger partial charge in [-0.1, -0.05) is 12.2 Å². The smallest absolute Gasteiger partial charge is 0.00781 e. The molecule has 16 heavy (non-hydrogen) atoms. The van der Waals surface area contributed by atoms with Crippen molar-refractivity contribution in [3.05, 3.63) is 12.2 Å². The molecule has 3 rings (SSSR count). The molecular formula is C14H23NS. The van der Waals surface area contributed by atoms with Gasteiger partial charge in [-0.15, -0.1) is 0 Å². The first-order valence-electron chi connectivity index (χ1n) is 6.79. The highest BCUT2D eigenvalue weighted by molar-refractivity contribution is 7.99. The molecular weight excluding hydrogens is 214 g/mol. The van der Waals surface area contributed by atoms with Crippen LogP contribution in [0.25, 0.3) is 0 Å². The summed E-state index contributed by atoms with van der Waals surface area (Å²) in [5, 5.41) is 4.75. The summed E-state index contributed by atoms with van der Waals surface area (Å²) in [5.74, 6) is 2.79. The summed E-state index contributed by atoms with van der Waals surface area (Å²) in [5.41, 5.74) is 0. The van der Waals surface area contributed by atoms with Crippen LogP contribution in [0.15, 0.2) is 12.2 Å². The molecule has 3 aliphatic carbocycles. The maximum atomic E-state index is 3.83. The minimum absolute atomic E-state index is 0.820. The van der Waals surface area contributed by atoms with Crippen LogP contribution in [0.1, 0.15) is 32.1 Å². The van der Waals surface area contributed by atoms with Crippen molar-refractivity contribution in [1.82, 2.24) is 5.32 Å². The van der Waals surface area contributed by atoms with Crippen LogP contribution in [-0.4, -0.2) is 24.1 Å². The molecule has 0 spiro atoms. The van der Waals surface area contributed by atoms with Gasteiger partial charge in [0.05, 0.1) is 0 Å². The van der Waals surface area contributed by atoms with Crippen molar-refractivity contribution in [2.75, 3.05) is 12.8 Å². The van der Waals surface area contributed by atoms with Gasteiger partial charge in [-0.25, -0.2) is 0 Å². The standard InChI is InChI=1S/C14H23NS/c1-16-14-5-4-13(8-14)15-9-12-7-10-2-3-11(12)6-10/h2-3,10-15H,4-9H2,1H3. The molecule has 0 saturated heterocycles. The topological polar surface area (TPSA) is 12.0 Å². The highest BCUT2D eigenvalue weighted by Gasteiger charge is 2.35. The third-order valence-corrected chi connectivity index (χ3v) is 5.90. The predicted molar refractivity (Wildman–Crippen MR) is 71.8 cm³/mol. The van der Waals surface area contributed by atoms with Crippen molar-refractivity contribution >= 4 is 11.8 Å². The van der Waals surface area contributed by atoms with Gasteiger partial charge in [0.2, 0.25) is 0 Å². The molecule has 2 heteroatoms. The second-order valence-corrected chi connectivity index (χ2v) is 6.95. The second kappa shape index (κ2) is 4.73. The third-order valence-electron chi connectivity index (χ3n) is 4.80. The van der Waals surface area contributed by atoms with Gasteiger partial charge in [0, 0.05) is 11.3 Å². The van der Waals surface area contributed by atoms with Crippen molar-refractivity contribution in [3.63, 3.8) is 0 Å². The van der Waals surface area contributed by atoms with E-state index in [0.717, 1.165) is 29.0 Å². The summed E-state index contributed by atoms with van der Waals surface area (Å²) in [6.07, 6.45) is 14.3. The predicted octanol–water partition coefficient (Wildman–Crippen LogP) is 3.07. The molecule has 90 valence electrons. The lowest BCUT2D eigenvalue weighted by Crippen LogP contribution is -2.33. The van der Waals surface area contributed by atoms with Gasteiger partial charge in [-0.05, 0) is 62.7 Å². The Hall–Kier alpha value is 0.0500. The van der Waals surface area contributed by atoms with Crippen LogP contribution in [0, 0.1) is 17.8 Å². The van der Waals surface area contributed by atoms with E-state index in [-0.39, 0.29) is 0 Å². The van der Waals surface area contributed by atoms with Crippen molar-refractivity contribution in [3.8, 4) is 0 Å². The molecule has 0 aliphatic heterocycles. The molecule has 2 fully saturated rings. The van der Waals surface area contributed by atoms with E-state index < -0.39 is 0 Å². The third kappa shape index (κ3) is 2.19.